The van der Waals surface area contributed by atoms with Crippen molar-refractivity contribution in [3.63, 3.8) is 0 Å². The van der Waals surface area contributed by atoms with Crippen LogP contribution in [-0.4, -0.2) is 28.8 Å². The van der Waals surface area contributed by atoms with E-state index in [9.17, 15) is 9.59 Å². The summed E-state index contributed by atoms with van der Waals surface area (Å²) in [6.45, 7) is 4.21. The lowest BCUT2D eigenvalue weighted by atomic mass is 9.96. The van der Waals surface area contributed by atoms with Crippen LogP contribution < -0.4 is 5.32 Å². The van der Waals surface area contributed by atoms with Crippen molar-refractivity contribution >= 4 is 29.1 Å². The molecule has 2 amide bonds. The summed E-state index contributed by atoms with van der Waals surface area (Å²) >= 11 is 6.05. The van der Waals surface area contributed by atoms with Crippen LogP contribution >= 0.6 is 11.6 Å². The number of benzene rings is 2. The van der Waals surface area contributed by atoms with Gasteiger partial charge in [-0.25, -0.2) is 0 Å². The third kappa shape index (κ3) is 3.91. The van der Waals surface area contributed by atoms with E-state index < -0.39 is 0 Å². The molecule has 4 nitrogen and oxygen atoms in total. The first kappa shape index (κ1) is 18.5. The number of nitrogens with zero attached hydrogens (tertiary/aromatic N) is 1. The minimum absolute atomic E-state index is 0.0497. The third-order valence-electron chi connectivity index (χ3n) is 4.94. The molecule has 0 aromatic heterocycles. The molecule has 1 N–H and O–H groups in total. The molecule has 136 valence electrons. The topological polar surface area (TPSA) is 49.4 Å². The first-order valence-electron chi connectivity index (χ1n) is 8.96. The second-order valence-corrected chi connectivity index (χ2v) is 7.26. The van der Waals surface area contributed by atoms with E-state index in [2.05, 4.69) is 19.2 Å². The summed E-state index contributed by atoms with van der Waals surface area (Å²) in [6.07, 6.45) is 3.25. The molecule has 1 heterocycles. The van der Waals surface area contributed by atoms with E-state index in [1.807, 2.05) is 4.90 Å². The van der Waals surface area contributed by atoms with Gasteiger partial charge in [-0.2, -0.15) is 0 Å². The van der Waals surface area contributed by atoms with Crippen LogP contribution in [0.5, 0.6) is 0 Å². The summed E-state index contributed by atoms with van der Waals surface area (Å²) in [6, 6.07) is 14.4. The molecule has 1 fully saturated rings. The molecule has 0 spiro atoms. The lowest BCUT2D eigenvalue weighted by Gasteiger charge is -2.39. The van der Waals surface area contributed by atoms with Gasteiger partial charge in [0, 0.05) is 23.3 Å². The monoisotopic (exact) mass is 370 g/mol. The van der Waals surface area contributed by atoms with Crippen LogP contribution in [0, 0.1) is 0 Å². The fourth-order valence-electron chi connectivity index (χ4n) is 3.51. The zero-order valence-corrected chi connectivity index (χ0v) is 15.8. The Morgan fingerprint density at radius 2 is 1.62 bits per heavy atom. The number of halogens is 1. The Morgan fingerprint density at radius 1 is 1.00 bits per heavy atom. The second-order valence-electron chi connectivity index (χ2n) is 6.85. The number of hydrogen-bond donors (Lipinski definition) is 1. The average molecular weight is 371 g/mol. The number of carbonyl (C=O) groups is 2. The molecular formula is C21H23ClN2O2. The normalized spacial score (nSPS) is 19.9. The van der Waals surface area contributed by atoms with Gasteiger partial charge in [0.05, 0.1) is 10.6 Å². The first-order chi connectivity index (χ1) is 12.5. The van der Waals surface area contributed by atoms with Gasteiger partial charge in [-0.3, -0.25) is 9.59 Å². The lowest BCUT2D eigenvalue weighted by Crippen LogP contribution is -2.47. The van der Waals surface area contributed by atoms with Gasteiger partial charge in [-0.05, 0) is 69.5 Å². The van der Waals surface area contributed by atoms with Crippen LogP contribution in [0.3, 0.4) is 0 Å². The number of rotatable bonds is 3. The number of likely N-dealkylation sites (tertiary alicyclic amines) is 1. The third-order valence-corrected chi connectivity index (χ3v) is 5.27. The van der Waals surface area contributed by atoms with Crippen LogP contribution in [0.2, 0.25) is 5.02 Å². The largest absolute Gasteiger partial charge is 0.333 e. The molecule has 1 saturated heterocycles. The second kappa shape index (κ2) is 7.92. The molecule has 5 heteroatoms. The van der Waals surface area contributed by atoms with Crippen molar-refractivity contribution in [1.29, 1.82) is 0 Å². The van der Waals surface area contributed by atoms with Gasteiger partial charge in [0.2, 0.25) is 0 Å². The van der Waals surface area contributed by atoms with Crippen molar-refractivity contribution in [3.05, 3.63) is 64.7 Å². The molecule has 0 bridgehead atoms. The Bertz CT molecular complexity index is 794. The first-order valence-corrected chi connectivity index (χ1v) is 9.34. The molecule has 2 aromatic rings. The minimum atomic E-state index is -0.270. The summed E-state index contributed by atoms with van der Waals surface area (Å²) in [5.74, 6) is -0.221. The fourth-order valence-corrected chi connectivity index (χ4v) is 3.73. The quantitative estimate of drug-likeness (QED) is 0.826. The molecule has 0 unspecified atom stereocenters. The Kier molecular flexibility index (Phi) is 5.62. The maximum absolute atomic E-state index is 12.8. The number of nitrogens with one attached hydrogen (secondary N) is 1. The molecular weight excluding hydrogens is 348 g/mol. The molecule has 26 heavy (non-hydrogen) atoms. The van der Waals surface area contributed by atoms with E-state index in [0.29, 0.717) is 21.8 Å². The van der Waals surface area contributed by atoms with Crippen molar-refractivity contribution in [1.82, 2.24) is 4.90 Å². The zero-order valence-electron chi connectivity index (χ0n) is 15.0. The highest BCUT2D eigenvalue weighted by Gasteiger charge is 2.29. The molecule has 2 aromatic carbocycles. The molecule has 1 aliphatic heterocycles. The maximum Gasteiger partial charge on any atom is 0.257 e. The van der Waals surface area contributed by atoms with E-state index in [-0.39, 0.29) is 23.9 Å². The maximum atomic E-state index is 12.8. The van der Waals surface area contributed by atoms with E-state index >= 15 is 0 Å². The van der Waals surface area contributed by atoms with Gasteiger partial charge in [0.1, 0.15) is 0 Å². The molecule has 1 aliphatic rings. The SMILES string of the molecule is C[C@@H]1CCC[C@H](C)N1C(=O)c1ccc(NC(=O)c2ccccc2Cl)cc1. The van der Waals surface area contributed by atoms with Gasteiger partial charge < -0.3 is 10.2 Å². The Labute approximate surface area is 159 Å². The van der Waals surface area contributed by atoms with E-state index in [1.165, 1.54) is 6.42 Å². The highest BCUT2D eigenvalue weighted by molar-refractivity contribution is 6.34. The van der Waals surface area contributed by atoms with Crippen LogP contribution in [0.4, 0.5) is 5.69 Å². The smallest absolute Gasteiger partial charge is 0.257 e. The lowest BCUT2D eigenvalue weighted by molar-refractivity contribution is 0.0510. The summed E-state index contributed by atoms with van der Waals surface area (Å²) in [4.78, 5) is 27.1. The van der Waals surface area contributed by atoms with Crippen molar-refractivity contribution in [2.24, 2.45) is 0 Å². The number of anilines is 1. The van der Waals surface area contributed by atoms with Crippen molar-refractivity contribution in [2.45, 2.75) is 45.2 Å². The average Bonchev–Trinajstić information content (AvgIpc) is 2.62. The molecule has 0 aliphatic carbocycles. The Hall–Kier alpha value is -2.33. The number of amides is 2. The highest BCUT2D eigenvalue weighted by atomic mass is 35.5. The number of carbonyl (C=O) groups excluding carboxylic acids is 2. The van der Waals surface area contributed by atoms with E-state index in [1.54, 1.807) is 48.5 Å². The van der Waals surface area contributed by atoms with Gasteiger partial charge in [0.15, 0.2) is 0 Å². The van der Waals surface area contributed by atoms with Crippen molar-refractivity contribution < 1.29 is 9.59 Å². The van der Waals surface area contributed by atoms with Gasteiger partial charge >= 0.3 is 0 Å². The van der Waals surface area contributed by atoms with Crippen molar-refractivity contribution in [3.8, 4) is 0 Å². The Balaban J connectivity index is 1.71. The molecule has 2 atom stereocenters. The van der Waals surface area contributed by atoms with Crippen LogP contribution in [0.1, 0.15) is 53.8 Å². The van der Waals surface area contributed by atoms with Gasteiger partial charge in [0.25, 0.3) is 11.8 Å². The van der Waals surface area contributed by atoms with Crippen LogP contribution in [0.25, 0.3) is 0 Å². The standard InChI is InChI=1S/C21H23ClN2O2/c1-14-6-5-7-15(2)24(14)21(26)16-10-12-17(13-11-16)23-20(25)18-8-3-4-9-19(18)22/h3-4,8-15H,5-7H2,1-2H3,(H,23,25)/t14-,15+. The van der Waals surface area contributed by atoms with Crippen LogP contribution in [0.15, 0.2) is 48.5 Å². The molecule has 0 radical (unpaired) electrons. The van der Waals surface area contributed by atoms with E-state index in [0.717, 1.165) is 12.8 Å². The summed E-state index contributed by atoms with van der Waals surface area (Å²) in [5.41, 5.74) is 1.69. The Morgan fingerprint density at radius 3 is 2.23 bits per heavy atom. The predicted molar refractivity (Wildman–Crippen MR) is 105 cm³/mol. The minimum Gasteiger partial charge on any atom is -0.333 e. The summed E-state index contributed by atoms with van der Waals surface area (Å²) < 4.78 is 0. The fraction of sp³-hybridized carbons (Fsp3) is 0.333. The summed E-state index contributed by atoms with van der Waals surface area (Å²) in [7, 11) is 0. The van der Waals surface area contributed by atoms with Crippen LogP contribution in [-0.2, 0) is 0 Å². The van der Waals surface area contributed by atoms with Gasteiger partial charge in [-0.1, -0.05) is 23.7 Å². The molecule has 3 rings (SSSR count). The predicted octanol–water partition coefficient (Wildman–Crippen LogP) is 5.00. The van der Waals surface area contributed by atoms with Gasteiger partial charge in [-0.15, -0.1) is 0 Å². The highest BCUT2D eigenvalue weighted by Crippen LogP contribution is 2.25. The zero-order chi connectivity index (χ0) is 18.7. The number of piperidine rings is 1. The number of hydrogen-bond acceptors (Lipinski definition) is 2. The van der Waals surface area contributed by atoms with Crippen molar-refractivity contribution in [2.75, 3.05) is 5.32 Å². The molecule has 0 saturated carbocycles. The summed E-state index contributed by atoms with van der Waals surface area (Å²) in [5, 5.41) is 3.22. The van der Waals surface area contributed by atoms with E-state index in [4.69, 9.17) is 11.6 Å².